The number of carboxylic acid groups (broad SMARTS) is 1. The fourth-order valence-corrected chi connectivity index (χ4v) is 4.69. The van der Waals surface area contributed by atoms with E-state index >= 15 is 0 Å². The van der Waals surface area contributed by atoms with Crippen molar-refractivity contribution < 1.29 is 9.90 Å². The van der Waals surface area contributed by atoms with Gasteiger partial charge < -0.3 is 5.11 Å². The van der Waals surface area contributed by atoms with Crippen LogP contribution in [0, 0.1) is 6.92 Å². The maximum atomic E-state index is 11.2. The minimum atomic E-state index is -1.24. The number of hydrogen-bond donors (Lipinski definition) is 2. The van der Waals surface area contributed by atoms with E-state index in [1.165, 1.54) is 5.56 Å². The number of thioether (sulfide) groups is 1. The second-order valence-electron chi connectivity index (χ2n) is 7.09. The van der Waals surface area contributed by atoms with E-state index in [2.05, 4.69) is 56.1 Å². The molecule has 0 saturated carbocycles. The van der Waals surface area contributed by atoms with Crippen LogP contribution < -0.4 is 5.32 Å². The molecule has 120 valence electrons. The number of amides is 1. The molecular weight excluding hydrogens is 312 g/mol. The molecule has 0 spiro atoms. The van der Waals surface area contributed by atoms with E-state index in [0.717, 1.165) is 23.1 Å². The number of rotatable bonds is 5. The number of nitrogens with one attached hydrogen (secondary N) is 1. The minimum absolute atomic E-state index is 0.670. The van der Waals surface area contributed by atoms with Gasteiger partial charge in [-0.1, -0.05) is 55.5 Å². The average molecular weight is 337 g/mol. The summed E-state index contributed by atoms with van der Waals surface area (Å²) in [6.07, 6.45) is -0.220. The average Bonchev–Trinajstić information content (AvgIpc) is 2.80. The molecule has 0 aromatic heterocycles. The molecule has 1 aromatic rings. The zero-order valence-electron chi connectivity index (χ0n) is 13.6. The lowest BCUT2D eigenvalue weighted by Gasteiger charge is -2.28. The first-order chi connectivity index (χ1) is 10.2. The monoisotopic (exact) mass is 336 g/mol. The highest BCUT2D eigenvalue weighted by atomic mass is 32.2. The summed E-state index contributed by atoms with van der Waals surface area (Å²) in [5.41, 5.74) is 1.61. The standard InChI is InChI=1S/C16H24N2O2SSi/c1-12-5-7-13(8-6-12)14-17-16(11-21-14,18-15(19)20)9-10-22(2,3)4/h5-8,18H,9-11H2,1-4H3,(H,19,20). The van der Waals surface area contributed by atoms with E-state index in [-0.39, 0.29) is 0 Å². The van der Waals surface area contributed by atoms with E-state index < -0.39 is 19.8 Å². The summed E-state index contributed by atoms with van der Waals surface area (Å²) in [4.78, 5) is 16.0. The summed E-state index contributed by atoms with van der Waals surface area (Å²) in [5.74, 6) is 0.674. The van der Waals surface area contributed by atoms with Gasteiger partial charge in [0, 0.05) is 19.4 Å². The van der Waals surface area contributed by atoms with Gasteiger partial charge in [0.15, 0.2) is 0 Å². The molecule has 0 bridgehead atoms. The van der Waals surface area contributed by atoms with Crippen LogP contribution >= 0.6 is 11.8 Å². The van der Waals surface area contributed by atoms with Crippen molar-refractivity contribution in [2.45, 2.75) is 44.7 Å². The Morgan fingerprint density at radius 2 is 2.00 bits per heavy atom. The molecule has 1 heterocycles. The Bertz CT molecular complexity index is 581. The van der Waals surface area contributed by atoms with Crippen molar-refractivity contribution in [3.05, 3.63) is 35.4 Å². The second-order valence-corrected chi connectivity index (χ2v) is 13.7. The zero-order valence-corrected chi connectivity index (χ0v) is 15.5. The molecule has 1 aliphatic rings. The Labute approximate surface area is 137 Å². The van der Waals surface area contributed by atoms with Gasteiger partial charge in [-0.05, 0) is 13.3 Å². The molecule has 1 amide bonds. The van der Waals surface area contributed by atoms with Crippen LogP contribution in [0.5, 0.6) is 0 Å². The van der Waals surface area contributed by atoms with Crippen LogP contribution in [-0.4, -0.2) is 35.7 Å². The highest BCUT2D eigenvalue weighted by Gasteiger charge is 2.38. The molecule has 1 atom stereocenters. The normalized spacial score (nSPS) is 21.5. The van der Waals surface area contributed by atoms with Gasteiger partial charge in [0.2, 0.25) is 0 Å². The lowest BCUT2D eigenvalue weighted by Crippen LogP contribution is -2.48. The van der Waals surface area contributed by atoms with Crippen molar-refractivity contribution in [3.63, 3.8) is 0 Å². The number of aliphatic imine (C=N–C) groups is 1. The Hall–Kier alpha value is -1.27. The number of nitrogens with zero attached hydrogens (tertiary/aromatic N) is 1. The minimum Gasteiger partial charge on any atom is -0.465 e. The van der Waals surface area contributed by atoms with Crippen molar-refractivity contribution in [1.29, 1.82) is 0 Å². The fraction of sp³-hybridized carbons (Fsp3) is 0.500. The summed E-state index contributed by atoms with van der Waals surface area (Å²) >= 11 is 1.64. The van der Waals surface area contributed by atoms with Gasteiger partial charge in [0.1, 0.15) is 10.7 Å². The van der Waals surface area contributed by atoms with Crippen LogP contribution in [0.1, 0.15) is 17.5 Å². The van der Waals surface area contributed by atoms with E-state index in [9.17, 15) is 9.90 Å². The molecule has 1 unspecified atom stereocenters. The predicted octanol–water partition coefficient (Wildman–Crippen LogP) is 4.18. The largest absolute Gasteiger partial charge is 0.465 e. The summed E-state index contributed by atoms with van der Waals surface area (Å²) in [5, 5.41) is 12.8. The van der Waals surface area contributed by atoms with E-state index in [1.807, 2.05) is 0 Å². The van der Waals surface area contributed by atoms with Crippen LogP contribution in [0.3, 0.4) is 0 Å². The Balaban J connectivity index is 2.23. The van der Waals surface area contributed by atoms with E-state index in [1.54, 1.807) is 11.8 Å². The van der Waals surface area contributed by atoms with Crippen molar-refractivity contribution in [2.24, 2.45) is 4.99 Å². The molecular formula is C16H24N2O2SSi. The third-order valence-electron chi connectivity index (χ3n) is 3.69. The zero-order chi connectivity index (χ0) is 16.4. The lowest BCUT2D eigenvalue weighted by atomic mass is 10.1. The number of carbonyl (C=O) groups is 1. The molecule has 2 rings (SSSR count). The van der Waals surface area contributed by atoms with Crippen molar-refractivity contribution in [3.8, 4) is 0 Å². The molecule has 22 heavy (non-hydrogen) atoms. The van der Waals surface area contributed by atoms with Gasteiger partial charge in [-0.25, -0.2) is 9.79 Å². The number of aryl methyl sites for hydroxylation is 1. The molecule has 4 nitrogen and oxygen atoms in total. The van der Waals surface area contributed by atoms with Gasteiger partial charge in [0.05, 0.1) is 0 Å². The Kier molecular flexibility index (Phi) is 5.02. The Morgan fingerprint density at radius 3 is 2.55 bits per heavy atom. The second kappa shape index (κ2) is 6.46. The van der Waals surface area contributed by atoms with Crippen LogP contribution in [-0.2, 0) is 0 Å². The maximum Gasteiger partial charge on any atom is 0.406 e. The third-order valence-corrected chi connectivity index (χ3v) is 6.66. The van der Waals surface area contributed by atoms with E-state index in [4.69, 9.17) is 4.99 Å². The smallest absolute Gasteiger partial charge is 0.406 e. The molecule has 2 N–H and O–H groups in total. The SMILES string of the molecule is Cc1ccc(C2=NC(CC[Si](C)(C)C)(NC(=O)O)CS2)cc1. The number of hydrogen-bond acceptors (Lipinski definition) is 3. The molecule has 1 aliphatic heterocycles. The van der Waals surface area contributed by atoms with Gasteiger partial charge in [-0.2, -0.15) is 0 Å². The van der Waals surface area contributed by atoms with Crippen LogP contribution in [0.2, 0.25) is 25.7 Å². The van der Waals surface area contributed by atoms with Crippen LogP contribution in [0.4, 0.5) is 4.79 Å². The molecule has 1 aromatic carbocycles. The first-order valence-electron chi connectivity index (χ1n) is 7.50. The quantitative estimate of drug-likeness (QED) is 0.793. The maximum absolute atomic E-state index is 11.2. The fourth-order valence-electron chi connectivity index (χ4n) is 2.33. The summed E-state index contributed by atoms with van der Waals surface area (Å²) < 4.78 is 0. The molecule has 0 aliphatic carbocycles. The van der Waals surface area contributed by atoms with Crippen LogP contribution in [0.25, 0.3) is 0 Å². The van der Waals surface area contributed by atoms with E-state index in [0.29, 0.717) is 5.75 Å². The topological polar surface area (TPSA) is 61.7 Å². The van der Waals surface area contributed by atoms with Gasteiger partial charge in [0.25, 0.3) is 0 Å². The highest BCUT2D eigenvalue weighted by molar-refractivity contribution is 8.14. The Morgan fingerprint density at radius 1 is 1.36 bits per heavy atom. The van der Waals surface area contributed by atoms with Crippen LogP contribution in [0.15, 0.2) is 29.3 Å². The van der Waals surface area contributed by atoms with Crippen molar-refractivity contribution >= 4 is 31.0 Å². The first-order valence-corrected chi connectivity index (χ1v) is 12.2. The van der Waals surface area contributed by atoms with Gasteiger partial charge in [-0.3, -0.25) is 5.32 Å². The molecule has 6 heteroatoms. The summed E-state index contributed by atoms with van der Waals surface area (Å²) in [7, 11) is -1.24. The third kappa shape index (κ3) is 4.61. The predicted molar refractivity (Wildman–Crippen MR) is 96.8 cm³/mol. The number of benzene rings is 1. The lowest BCUT2D eigenvalue weighted by molar-refractivity contribution is 0.181. The summed E-state index contributed by atoms with van der Waals surface area (Å²) in [6, 6.07) is 9.28. The molecule has 0 radical (unpaired) electrons. The summed E-state index contributed by atoms with van der Waals surface area (Å²) in [6.45, 7) is 8.95. The van der Waals surface area contributed by atoms with Gasteiger partial charge in [-0.15, -0.1) is 11.8 Å². The molecule has 0 fully saturated rings. The molecule has 0 saturated heterocycles. The van der Waals surface area contributed by atoms with Gasteiger partial charge >= 0.3 is 6.09 Å². The highest BCUT2D eigenvalue weighted by Crippen LogP contribution is 2.34. The van der Waals surface area contributed by atoms with Crippen molar-refractivity contribution in [1.82, 2.24) is 5.32 Å². The first kappa shape index (κ1) is 17.1. The van der Waals surface area contributed by atoms with Crippen molar-refractivity contribution in [2.75, 3.05) is 5.75 Å².